The number of benzene rings is 1. The van der Waals surface area contributed by atoms with Gasteiger partial charge in [0.25, 0.3) is 0 Å². The molecule has 0 atom stereocenters. The van der Waals surface area contributed by atoms with Crippen molar-refractivity contribution in [3.05, 3.63) is 48.2 Å². The van der Waals surface area contributed by atoms with Crippen molar-refractivity contribution in [1.82, 2.24) is 4.98 Å². The van der Waals surface area contributed by atoms with Crippen LogP contribution in [0.2, 0.25) is 0 Å². The van der Waals surface area contributed by atoms with Gasteiger partial charge in [-0.05, 0) is 36.4 Å². The van der Waals surface area contributed by atoms with Crippen molar-refractivity contribution in [2.75, 3.05) is 18.5 Å². The zero-order chi connectivity index (χ0) is 13.5. The first-order valence-electron chi connectivity index (χ1n) is 5.88. The molecule has 0 aliphatic rings. The van der Waals surface area contributed by atoms with E-state index in [9.17, 15) is 0 Å². The molecule has 3 N–H and O–H groups in total. The molecule has 5 nitrogen and oxygen atoms in total. The molecule has 0 radical (unpaired) electrons. The van der Waals surface area contributed by atoms with Crippen molar-refractivity contribution in [2.45, 2.75) is 0 Å². The second kappa shape index (κ2) is 6.38. The monoisotopic (exact) mass is 254 g/mol. The first-order chi connectivity index (χ1) is 9.31. The Bertz CT molecular complexity index is 557. The van der Waals surface area contributed by atoms with Crippen molar-refractivity contribution in [1.29, 1.82) is 5.26 Å². The van der Waals surface area contributed by atoms with E-state index in [2.05, 4.69) is 10.3 Å². The van der Waals surface area contributed by atoms with E-state index in [1.54, 1.807) is 12.1 Å². The summed E-state index contributed by atoms with van der Waals surface area (Å²) in [7, 11) is 0. The number of nitrogens with zero attached hydrogens (tertiary/aromatic N) is 2. The fourth-order valence-corrected chi connectivity index (χ4v) is 1.49. The lowest BCUT2D eigenvalue weighted by Crippen LogP contribution is -2.10. The van der Waals surface area contributed by atoms with E-state index >= 15 is 0 Å². The largest absolute Gasteiger partial charge is 0.492 e. The zero-order valence-electron chi connectivity index (χ0n) is 10.3. The van der Waals surface area contributed by atoms with Gasteiger partial charge in [-0.15, -0.1) is 0 Å². The highest BCUT2D eigenvalue weighted by Crippen LogP contribution is 2.18. The molecular weight excluding hydrogens is 240 g/mol. The lowest BCUT2D eigenvalue weighted by molar-refractivity contribution is 0.328. The fourth-order valence-electron chi connectivity index (χ4n) is 1.49. The van der Waals surface area contributed by atoms with E-state index in [-0.39, 0.29) is 0 Å². The van der Waals surface area contributed by atoms with Crippen LogP contribution in [0.5, 0.6) is 5.75 Å². The molecule has 0 aliphatic carbocycles. The van der Waals surface area contributed by atoms with E-state index in [1.165, 1.54) is 6.20 Å². The summed E-state index contributed by atoms with van der Waals surface area (Å²) in [4.78, 5) is 4.14. The number of nitrogens with two attached hydrogens (primary N) is 1. The zero-order valence-corrected chi connectivity index (χ0v) is 10.3. The molecule has 1 aromatic carbocycles. The summed E-state index contributed by atoms with van der Waals surface area (Å²) >= 11 is 0. The third-order valence-electron chi connectivity index (χ3n) is 2.41. The average molecular weight is 254 g/mol. The molecule has 1 heterocycles. The van der Waals surface area contributed by atoms with Gasteiger partial charge in [0.2, 0.25) is 0 Å². The first kappa shape index (κ1) is 12.9. The van der Waals surface area contributed by atoms with Gasteiger partial charge in [0, 0.05) is 18.4 Å². The second-order valence-corrected chi connectivity index (χ2v) is 3.83. The number of hydrogen-bond acceptors (Lipinski definition) is 5. The van der Waals surface area contributed by atoms with Gasteiger partial charge in [-0.1, -0.05) is 0 Å². The SMILES string of the molecule is N#Cc1ccc(Nc2ccc(OCCN)cc2)nc1. The van der Waals surface area contributed by atoms with Gasteiger partial charge in [0.15, 0.2) is 0 Å². The highest BCUT2D eigenvalue weighted by molar-refractivity contribution is 5.57. The summed E-state index contributed by atoms with van der Waals surface area (Å²) in [5.74, 6) is 1.47. The number of nitriles is 1. The van der Waals surface area contributed by atoms with Crippen LogP contribution in [-0.4, -0.2) is 18.1 Å². The van der Waals surface area contributed by atoms with Crippen molar-refractivity contribution in [3.8, 4) is 11.8 Å². The number of ether oxygens (including phenoxy) is 1. The third-order valence-corrected chi connectivity index (χ3v) is 2.41. The predicted molar refractivity (Wildman–Crippen MR) is 73.2 cm³/mol. The lowest BCUT2D eigenvalue weighted by atomic mass is 10.3. The van der Waals surface area contributed by atoms with E-state index in [0.717, 1.165) is 11.4 Å². The summed E-state index contributed by atoms with van der Waals surface area (Å²) in [6.07, 6.45) is 1.53. The standard InChI is InChI=1S/C14H14N4O/c15-7-8-19-13-4-2-12(3-5-13)18-14-6-1-11(9-16)10-17-14/h1-6,10H,7-8,15H2,(H,17,18). The Morgan fingerprint density at radius 3 is 2.58 bits per heavy atom. The van der Waals surface area contributed by atoms with Crippen LogP contribution < -0.4 is 15.8 Å². The maximum absolute atomic E-state index is 8.69. The smallest absolute Gasteiger partial charge is 0.130 e. The highest BCUT2D eigenvalue weighted by Gasteiger charge is 1.98. The Balaban J connectivity index is 2.00. The minimum absolute atomic E-state index is 0.495. The summed E-state index contributed by atoms with van der Waals surface area (Å²) in [5, 5.41) is 11.8. The first-order valence-corrected chi connectivity index (χ1v) is 5.88. The van der Waals surface area contributed by atoms with Crippen LogP contribution in [0.1, 0.15) is 5.56 Å². The molecule has 0 aliphatic heterocycles. The normalized spacial score (nSPS) is 9.68. The molecule has 0 amide bonds. The minimum Gasteiger partial charge on any atom is -0.492 e. The highest BCUT2D eigenvalue weighted by atomic mass is 16.5. The topological polar surface area (TPSA) is 84.0 Å². The number of pyridine rings is 1. The Hall–Kier alpha value is -2.58. The summed E-state index contributed by atoms with van der Waals surface area (Å²) in [6, 6.07) is 13.0. The van der Waals surface area contributed by atoms with Crippen LogP contribution in [0.3, 0.4) is 0 Å². The maximum atomic E-state index is 8.69. The van der Waals surface area contributed by atoms with Gasteiger partial charge in [-0.3, -0.25) is 0 Å². The maximum Gasteiger partial charge on any atom is 0.130 e. The predicted octanol–water partition coefficient (Wildman–Crippen LogP) is 2.03. The van der Waals surface area contributed by atoms with Crippen LogP contribution in [0.25, 0.3) is 0 Å². The van der Waals surface area contributed by atoms with Gasteiger partial charge in [0.1, 0.15) is 24.2 Å². The van der Waals surface area contributed by atoms with E-state index in [1.807, 2.05) is 30.3 Å². The number of rotatable bonds is 5. The van der Waals surface area contributed by atoms with Crippen LogP contribution >= 0.6 is 0 Å². The Kier molecular flexibility index (Phi) is 4.32. The van der Waals surface area contributed by atoms with Crippen LogP contribution in [0.4, 0.5) is 11.5 Å². The lowest BCUT2D eigenvalue weighted by Gasteiger charge is -2.07. The summed E-state index contributed by atoms with van der Waals surface area (Å²) in [6.45, 7) is 0.999. The van der Waals surface area contributed by atoms with Crippen LogP contribution in [0, 0.1) is 11.3 Å². The molecule has 0 saturated carbocycles. The van der Waals surface area contributed by atoms with Crippen LogP contribution in [0.15, 0.2) is 42.6 Å². The molecular formula is C14H14N4O. The average Bonchev–Trinajstić information content (AvgIpc) is 2.47. The molecule has 0 spiro atoms. The fraction of sp³-hybridized carbons (Fsp3) is 0.143. The Morgan fingerprint density at radius 2 is 2.00 bits per heavy atom. The third kappa shape index (κ3) is 3.69. The molecule has 2 aromatic rings. The molecule has 19 heavy (non-hydrogen) atoms. The molecule has 5 heteroatoms. The van der Waals surface area contributed by atoms with Crippen molar-refractivity contribution >= 4 is 11.5 Å². The molecule has 96 valence electrons. The van der Waals surface area contributed by atoms with Crippen molar-refractivity contribution in [2.24, 2.45) is 5.73 Å². The number of hydrogen-bond donors (Lipinski definition) is 2. The molecule has 0 saturated heterocycles. The van der Waals surface area contributed by atoms with E-state index < -0.39 is 0 Å². The van der Waals surface area contributed by atoms with Gasteiger partial charge < -0.3 is 15.8 Å². The second-order valence-electron chi connectivity index (χ2n) is 3.83. The summed E-state index contributed by atoms with van der Waals surface area (Å²) in [5.41, 5.74) is 6.80. The van der Waals surface area contributed by atoms with E-state index in [4.69, 9.17) is 15.7 Å². The van der Waals surface area contributed by atoms with Gasteiger partial charge in [0.05, 0.1) is 5.56 Å². The number of anilines is 2. The number of nitrogens with one attached hydrogen (secondary N) is 1. The van der Waals surface area contributed by atoms with Crippen molar-refractivity contribution < 1.29 is 4.74 Å². The Labute approximate surface area is 111 Å². The van der Waals surface area contributed by atoms with Crippen molar-refractivity contribution in [3.63, 3.8) is 0 Å². The minimum atomic E-state index is 0.495. The molecule has 1 aromatic heterocycles. The molecule has 2 rings (SSSR count). The molecule has 0 bridgehead atoms. The Morgan fingerprint density at radius 1 is 1.21 bits per heavy atom. The van der Waals surface area contributed by atoms with Gasteiger partial charge >= 0.3 is 0 Å². The summed E-state index contributed by atoms with van der Waals surface area (Å²) < 4.78 is 5.39. The quantitative estimate of drug-likeness (QED) is 0.853. The van der Waals surface area contributed by atoms with Crippen LogP contribution in [-0.2, 0) is 0 Å². The number of aromatic nitrogens is 1. The van der Waals surface area contributed by atoms with Gasteiger partial charge in [-0.2, -0.15) is 5.26 Å². The molecule has 0 unspecified atom stereocenters. The van der Waals surface area contributed by atoms with E-state index in [0.29, 0.717) is 24.5 Å². The molecule has 0 fully saturated rings. The van der Waals surface area contributed by atoms with Gasteiger partial charge in [-0.25, -0.2) is 4.98 Å².